The van der Waals surface area contributed by atoms with Crippen LogP contribution in [-0.4, -0.2) is 30.8 Å². The average molecular weight is 289 g/mol. The van der Waals surface area contributed by atoms with Crippen LogP contribution in [0, 0.1) is 11.3 Å². The summed E-state index contributed by atoms with van der Waals surface area (Å²) in [6, 6.07) is 8.71. The van der Waals surface area contributed by atoms with Crippen LogP contribution in [0.25, 0.3) is 0 Å². The maximum atomic E-state index is 9.40. The monoisotopic (exact) mass is 289 g/mol. The predicted molar refractivity (Wildman–Crippen MR) is 87.3 cm³/mol. The standard InChI is InChI=1S/C17H27N3O/c1-4-5-8-20(9-10-21)17-7-6-15(11-16(17)12-18)13-19-14(2)3/h6-7,11,14,19,21H,4-5,8-10,13H2,1-3H3. The molecule has 0 amide bonds. The number of nitriles is 1. The zero-order valence-corrected chi connectivity index (χ0v) is 13.4. The summed E-state index contributed by atoms with van der Waals surface area (Å²) < 4.78 is 0. The van der Waals surface area contributed by atoms with Gasteiger partial charge >= 0.3 is 0 Å². The molecule has 0 fully saturated rings. The molecule has 4 heteroatoms. The number of hydrogen-bond donors (Lipinski definition) is 2. The molecule has 0 saturated heterocycles. The molecule has 0 aliphatic carbocycles. The Morgan fingerprint density at radius 1 is 1.33 bits per heavy atom. The highest BCUT2D eigenvalue weighted by Crippen LogP contribution is 2.22. The normalized spacial score (nSPS) is 10.7. The van der Waals surface area contributed by atoms with E-state index in [0.717, 1.165) is 37.2 Å². The molecule has 0 aliphatic heterocycles. The lowest BCUT2D eigenvalue weighted by atomic mass is 10.1. The van der Waals surface area contributed by atoms with Gasteiger partial charge in [0, 0.05) is 25.7 Å². The fourth-order valence-electron chi connectivity index (χ4n) is 2.20. The fourth-order valence-corrected chi connectivity index (χ4v) is 2.20. The second kappa shape index (κ2) is 9.38. The van der Waals surface area contributed by atoms with Crippen LogP contribution in [0.4, 0.5) is 5.69 Å². The van der Waals surface area contributed by atoms with Gasteiger partial charge in [-0.2, -0.15) is 5.26 Å². The summed E-state index contributed by atoms with van der Waals surface area (Å²) in [5.74, 6) is 0. The van der Waals surface area contributed by atoms with E-state index in [1.54, 1.807) is 0 Å². The van der Waals surface area contributed by atoms with E-state index in [4.69, 9.17) is 0 Å². The molecule has 0 saturated carbocycles. The van der Waals surface area contributed by atoms with Crippen LogP contribution in [0.2, 0.25) is 0 Å². The van der Waals surface area contributed by atoms with Crippen molar-refractivity contribution in [1.29, 1.82) is 5.26 Å². The van der Waals surface area contributed by atoms with Crippen molar-refractivity contribution in [3.63, 3.8) is 0 Å². The summed E-state index contributed by atoms with van der Waals surface area (Å²) in [7, 11) is 0. The van der Waals surface area contributed by atoms with Crippen LogP contribution >= 0.6 is 0 Å². The van der Waals surface area contributed by atoms with Crippen LogP contribution in [-0.2, 0) is 6.54 Å². The Hall–Kier alpha value is -1.57. The summed E-state index contributed by atoms with van der Waals surface area (Å²) in [6.07, 6.45) is 2.15. The lowest BCUT2D eigenvalue weighted by molar-refractivity contribution is 0.301. The van der Waals surface area contributed by atoms with Crippen LogP contribution in [0.1, 0.15) is 44.7 Å². The third-order valence-electron chi connectivity index (χ3n) is 3.39. The number of nitrogens with zero attached hydrogens (tertiary/aromatic N) is 2. The topological polar surface area (TPSA) is 59.3 Å². The van der Waals surface area contributed by atoms with E-state index in [2.05, 4.69) is 43.1 Å². The summed E-state index contributed by atoms with van der Waals surface area (Å²) in [5, 5.41) is 22.0. The van der Waals surface area contributed by atoms with E-state index in [1.165, 1.54) is 0 Å². The van der Waals surface area contributed by atoms with Crippen molar-refractivity contribution in [1.82, 2.24) is 5.32 Å². The first kappa shape index (κ1) is 17.5. The van der Waals surface area contributed by atoms with E-state index in [0.29, 0.717) is 18.2 Å². The number of unbranched alkanes of at least 4 members (excludes halogenated alkanes) is 1. The van der Waals surface area contributed by atoms with Gasteiger partial charge in [0.25, 0.3) is 0 Å². The number of rotatable bonds is 9. The first-order valence-electron chi connectivity index (χ1n) is 7.74. The van der Waals surface area contributed by atoms with Crippen molar-refractivity contribution in [3.05, 3.63) is 29.3 Å². The predicted octanol–water partition coefficient (Wildman–Crippen LogP) is 2.66. The second-order valence-electron chi connectivity index (χ2n) is 5.56. The van der Waals surface area contributed by atoms with Gasteiger partial charge in [-0.25, -0.2) is 0 Å². The third-order valence-corrected chi connectivity index (χ3v) is 3.39. The van der Waals surface area contributed by atoms with Crippen molar-refractivity contribution < 1.29 is 5.11 Å². The molecule has 116 valence electrons. The molecule has 0 aromatic heterocycles. The summed E-state index contributed by atoms with van der Waals surface area (Å²) >= 11 is 0. The number of nitrogens with one attached hydrogen (secondary N) is 1. The van der Waals surface area contributed by atoms with E-state index < -0.39 is 0 Å². The maximum Gasteiger partial charge on any atom is 0.101 e. The van der Waals surface area contributed by atoms with Gasteiger partial charge in [-0.1, -0.05) is 33.3 Å². The second-order valence-corrected chi connectivity index (χ2v) is 5.56. The minimum absolute atomic E-state index is 0.102. The van der Waals surface area contributed by atoms with Gasteiger partial charge in [0.2, 0.25) is 0 Å². The van der Waals surface area contributed by atoms with Crippen LogP contribution < -0.4 is 10.2 Å². The van der Waals surface area contributed by atoms with Crippen LogP contribution in [0.5, 0.6) is 0 Å². The minimum atomic E-state index is 0.102. The quantitative estimate of drug-likeness (QED) is 0.734. The van der Waals surface area contributed by atoms with E-state index in [-0.39, 0.29) is 6.61 Å². The molecule has 0 spiro atoms. The average Bonchev–Trinajstić information content (AvgIpc) is 2.49. The first-order chi connectivity index (χ1) is 10.1. The molecule has 0 unspecified atom stereocenters. The Labute approximate surface area is 128 Å². The SMILES string of the molecule is CCCCN(CCO)c1ccc(CNC(C)C)cc1C#N. The molecule has 1 rings (SSSR count). The summed E-state index contributed by atoms with van der Waals surface area (Å²) in [5.41, 5.74) is 2.72. The summed E-state index contributed by atoms with van der Waals surface area (Å²) in [4.78, 5) is 2.10. The van der Waals surface area contributed by atoms with E-state index >= 15 is 0 Å². The number of anilines is 1. The largest absolute Gasteiger partial charge is 0.395 e. The highest BCUT2D eigenvalue weighted by molar-refractivity contribution is 5.60. The highest BCUT2D eigenvalue weighted by atomic mass is 16.3. The van der Waals surface area contributed by atoms with Crippen molar-refractivity contribution >= 4 is 5.69 Å². The first-order valence-corrected chi connectivity index (χ1v) is 7.74. The van der Waals surface area contributed by atoms with Gasteiger partial charge < -0.3 is 15.3 Å². The Balaban J connectivity index is 2.92. The third kappa shape index (κ3) is 5.74. The van der Waals surface area contributed by atoms with E-state index in [9.17, 15) is 10.4 Å². The molecule has 0 bridgehead atoms. The molecule has 2 N–H and O–H groups in total. The number of hydrogen-bond acceptors (Lipinski definition) is 4. The van der Waals surface area contributed by atoms with Crippen molar-refractivity contribution in [2.24, 2.45) is 0 Å². The molecule has 0 atom stereocenters. The number of aliphatic hydroxyl groups is 1. The zero-order chi connectivity index (χ0) is 15.7. The van der Waals surface area contributed by atoms with Gasteiger partial charge in [-0.15, -0.1) is 0 Å². The molecule has 0 aliphatic rings. The zero-order valence-electron chi connectivity index (χ0n) is 13.4. The Morgan fingerprint density at radius 2 is 2.10 bits per heavy atom. The van der Waals surface area contributed by atoms with E-state index in [1.807, 2.05) is 12.1 Å². The Morgan fingerprint density at radius 3 is 2.67 bits per heavy atom. The Bertz CT molecular complexity index is 466. The molecule has 21 heavy (non-hydrogen) atoms. The molecule has 1 aromatic rings. The fraction of sp³-hybridized carbons (Fsp3) is 0.588. The lowest BCUT2D eigenvalue weighted by Gasteiger charge is -2.25. The van der Waals surface area contributed by atoms with Gasteiger partial charge in [0.1, 0.15) is 6.07 Å². The number of aliphatic hydroxyl groups excluding tert-OH is 1. The van der Waals surface area contributed by atoms with Crippen LogP contribution in [0.15, 0.2) is 18.2 Å². The minimum Gasteiger partial charge on any atom is -0.395 e. The van der Waals surface area contributed by atoms with Crippen molar-refractivity contribution in [3.8, 4) is 6.07 Å². The molecule has 4 nitrogen and oxygen atoms in total. The van der Waals surface area contributed by atoms with Gasteiger partial charge in [0.05, 0.1) is 17.9 Å². The van der Waals surface area contributed by atoms with Crippen molar-refractivity contribution in [2.45, 2.75) is 46.2 Å². The maximum absolute atomic E-state index is 9.40. The van der Waals surface area contributed by atoms with Gasteiger partial charge in [0.15, 0.2) is 0 Å². The molecule has 1 aromatic carbocycles. The summed E-state index contributed by atoms with van der Waals surface area (Å²) in [6.45, 7) is 8.66. The molecule has 0 radical (unpaired) electrons. The van der Waals surface area contributed by atoms with Crippen molar-refractivity contribution in [2.75, 3.05) is 24.6 Å². The lowest BCUT2D eigenvalue weighted by Crippen LogP contribution is -2.28. The van der Waals surface area contributed by atoms with Gasteiger partial charge in [-0.05, 0) is 24.1 Å². The molecule has 0 heterocycles. The molecular formula is C17H27N3O. The Kier molecular flexibility index (Phi) is 7.81. The van der Waals surface area contributed by atoms with Crippen LogP contribution in [0.3, 0.4) is 0 Å². The molecular weight excluding hydrogens is 262 g/mol. The highest BCUT2D eigenvalue weighted by Gasteiger charge is 2.11. The smallest absolute Gasteiger partial charge is 0.101 e. The van der Waals surface area contributed by atoms with Gasteiger partial charge in [-0.3, -0.25) is 0 Å². The number of benzene rings is 1.